The zero-order chi connectivity index (χ0) is 15.5. The molecule has 0 fully saturated rings. The van der Waals surface area contributed by atoms with Gasteiger partial charge in [0.25, 0.3) is 0 Å². The number of carbonyl (C=O) groups is 1. The summed E-state index contributed by atoms with van der Waals surface area (Å²) in [6.07, 6.45) is 7.54. The molecule has 1 heterocycles. The fourth-order valence-electron chi connectivity index (χ4n) is 2.69. The summed E-state index contributed by atoms with van der Waals surface area (Å²) < 4.78 is 5.73. The van der Waals surface area contributed by atoms with Crippen LogP contribution in [0.4, 0.5) is 0 Å². The summed E-state index contributed by atoms with van der Waals surface area (Å²) in [7, 11) is 0. The van der Waals surface area contributed by atoms with E-state index in [0.717, 1.165) is 36.8 Å². The first kappa shape index (κ1) is 16.0. The Balaban J connectivity index is 2.20. The van der Waals surface area contributed by atoms with E-state index in [9.17, 15) is 9.90 Å². The van der Waals surface area contributed by atoms with Gasteiger partial charge in [-0.1, -0.05) is 11.6 Å². The Labute approximate surface area is 129 Å². The average Bonchev–Trinajstić information content (AvgIpc) is 2.44. The third kappa shape index (κ3) is 3.83. The number of halogens is 1. The maximum absolute atomic E-state index is 11.1. The number of pyridine rings is 1. The molecule has 2 rings (SSSR count). The molecule has 21 heavy (non-hydrogen) atoms. The van der Waals surface area contributed by atoms with Crippen LogP contribution in [0, 0.1) is 0 Å². The Bertz CT molecular complexity index is 561. The second kappa shape index (κ2) is 6.58. The maximum atomic E-state index is 11.1. The van der Waals surface area contributed by atoms with E-state index in [2.05, 4.69) is 4.98 Å². The van der Waals surface area contributed by atoms with Gasteiger partial charge in [0.1, 0.15) is 12.4 Å². The molecule has 0 aromatic carbocycles. The fraction of sp³-hybridized carbons (Fsp3) is 0.500. The van der Waals surface area contributed by atoms with Crippen molar-refractivity contribution < 1.29 is 14.6 Å². The monoisotopic (exact) mass is 309 g/mol. The first-order valence-corrected chi connectivity index (χ1v) is 7.46. The molecule has 0 aliphatic heterocycles. The largest absolute Gasteiger partial charge is 0.487 e. The number of hydrogen-bond donors (Lipinski definition) is 1. The summed E-state index contributed by atoms with van der Waals surface area (Å²) >= 11 is 5.93. The van der Waals surface area contributed by atoms with Crippen LogP contribution >= 0.6 is 11.6 Å². The Morgan fingerprint density at radius 1 is 1.38 bits per heavy atom. The van der Waals surface area contributed by atoms with Crippen LogP contribution in [0.25, 0.3) is 0 Å². The lowest BCUT2D eigenvalue weighted by Crippen LogP contribution is -2.27. The lowest BCUT2D eigenvalue weighted by atomic mass is 9.83. The van der Waals surface area contributed by atoms with Crippen molar-refractivity contribution in [1.82, 2.24) is 4.98 Å². The number of aliphatic hydroxyl groups is 1. The lowest BCUT2D eigenvalue weighted by Gasteiger charge is -2.29. The minimum absolute atomic E-state index is 0.280. The molecule has 0 amide bonds. The van der Waals surface area contributed by atoms with Crippen molar-refractivity contribution in [3.8, 4) is 5.75 Å². The van der Waals surface area contributed by atoms with E-state index < -0.39 is 5.60 Å². The number of nitrogens with zero attached hydrogens (tertiary/aromatic N) is 1. The second-order valence-electron chi connectivity index (χ2n) is 5.79. The van der Waals surface area contributed by atoms with E-state index in [4.69, 9.17) is 16.3 Å². The van der Waals surface area contributed by atoms with Gasteiger partial charge in [0.05, 0.1) is 22.4 Å². The molecule has 0 atom stereocenters. The molecule has 1 aromatic heterocycles. The Morgan fingerprint density at radius 3 is 2.76 bits per heavy atom. The van der Waals surface area contributed by atoms with E-state index in [1.807, 2.05) is 0 Å². The molecule has 0 spiro atoms. The van der Waals surface area contributed by atoms with Crippen molar-refractivity contribution in [2.75, 3.05) is 6.61 Å². The molecular formula is C16H20ClNO3. The van der Waals surface area contributed by atoms with Crippen LogP contribution in [0.5, 0.6) is 5.75 Å². The summed E-state index contributed by atoms with van der Waals surface area (Å²) in [5, 5.41) is 10.5. The molecule has 0 unspecified atom stereocenters. The molecule has 0 bridgehead atoms. The molecular weight excluding hydrogens is 290 g/mol. The number of ether oxygens (including phenoxy) is 1. The van der Waals surface area contributed by atoms with E-state index in [1.54, 1.807) is 13.8 Å². The molecule has 1 aromatic rings. The molecule has 1 aliphatic carbocycles. The van der Waals surface area contributed by atoms with Gasteiger partial charge >= 0.3 is 0 Å². The summed E-state index contributed by atoms with van der Waals surface area (Å²) in [4.78, 5) is 15.0. The molecule has 5 heteroatoms. The molecule has 4 nitrogen and oxygen atoms in total. The smallest absolute Gasteiger partial charge is 0.155 e. The van der Waals surface area contributed by atoms with Crippen molar-refractivity contribution in [2.45, 2.75) is 45.1 Å². The molecule has 0 radical (unpaired) electrons. The van der Waals surface area contributed by atoms with Gasteiger partial charge in [-0.05, 0) is 50.7 Å². The summed E-state index contributed by atoms with van der Waals surface area (Å²) in [5.41, 5.74) is 1.62. The van der Waals surface area contributed by atoms with Gasteiger partial charge in [-0.15, -0.1) is 0 Å². The van der Waals surface area contributed by atoms with Gasteiger partial charge in [-0.3, -0.25) is 9.78 Å². The summed E-state index contributed by atoms with van der Waals surface area (Å²) in [6.45, 7) is 3.94. The van der Waals surface area contributed by atoms with Gasteiger partial charge in [-0.25, -0.2) is 0 Å². The van der Waals surface area contributed by atoms with Crippen molar-refractivity contribution >= 4 is 17.9 Å². The van der Waals surface area contributed by atoms with Gasteiger partial charge in [-0.2, -0.15) is 0 Å². The minimum atomic E-state index is -0.834. The highest BCUT2D eigenvalue weighted by atomic mass is 35.5. The summed E-state index contributed by atoms with van der Waals surface area (Å²) in [5.74, 6) is 0.380. The third-order valence-corrected chi connectivity index (χ3v) is 4.04. The number of carbonyl (C=O) groups excluding carboxylic acids is 1. The summed E-state index contributed by atoms with van der Waals surface area (Å²) in [6, 6.07) is 0. The highest BCUT2D eigenvalue weighted by molar-refractivity contribution is 6.33. The molecule has 114 valence electrons. The van der Waals surface area contributed by atoms with Crippen LogP contribution in [0.3, 0.4) is 0 Å². The van der Waals surface area contributed by atoms with Gasteiger partial charge in [0.15, 0.2) is 6.29 Å². The van der Waals surface area contributed by atoms with E-state index >= 15 is 0 Å². The van der Waals surface area contributed by atoms with Crippen LogP contribution in [0.15, 0.2) is 23.5 Å². The van der Waals surface area contributed by atoms with E-state index in [-0.39, 0.29) is 5.02 Å². The first-order chi connectivity index (χ1) is 9.93. The number of hydrogen-bond acceptors (Lipinski definition) is 4. The third-order valence-electron chi connectivity index (χ3n) is 3.74. The Hall–Kier alpha value is -1.39. The van der Waals surface area contributed by atoms with Crippen molar-refractivity contribution in [2.24, 2.45) is 0 Å². The predicted molar refractivity (Wildman–Crippen MR) is 81.9 cm³/mol. The van der Waals surface area contributed by atoms with Gasteiger partial charge < -0.3 is 9.84 Å². The van der Waals surface area contributed by atoms with Crippen LogP contribution in [-0.2, 0) is 0 Å². The molecule has 0 saturated carbocycles. The number of aromatic nitrogens is 1. The zero-order valence-electron chi connectivity index (χ0n) is 12.4. The van der Waals surface area contributed by atoms with Gasteiger partial charge in [0.2, 0.25) is 0 Å². The van der Waals surface area contributed by atoms with Crippen molar-refractivity contribution in [3.63, 3.8) is 0 Å². The van der Waals surface area contributed by atoms with Crippen LogP contribution in [0.2, 0.25) is 5.02 Å². The molecule has 1 aliphatic rings. The Kier molecular flexibility index (Phi) is 5.01. The quantitative estimate of drug-likeness (QED) is 0.667. The standard InChI is InChI=1S/C16H20ClNO3/c1-16(2,20)13-6-4-3-5-11(13)10-21-15-8-18-7-14(17)12(15)9-19/h7-9,20H,3-6,10H2,1-2H3. The lowest BCUT2D eigenvalue weighted by molar-refractivity contribution is 0.109. The van der Waals surface area contributed by atoms with Crippen LogP contribution in [0.1, 0.15) is 49.9 Å². The minimum Gasteiger partial charge on any atom is -0.487 e. The van der Waals surface area contributed by atoms with Gasteiger partial charge in [0, 0.05) is 6.20 Å². The molecule has 0 saturated heterocycles. The Morgan fingerprint density at radius 2 is 2.10 bits per heavy atom. The topological polar surface area (TPSA) is 59.4 Å². The van der Waals surface area contributed by atoms with Crippen LogP contribution in [-0.4, -0.2) is 28.6 Å². The zero-order valence-corrected chi connectivity index (χ0v) is 13.1. The fourth-order valence-corrected chi connectivity index (χ4v) is 2.88. The van der Waals surface area contributed by atoms with E-state index in [1.165, 1.54) is 12.4 Å². The predicted octanol–water partition coefficient (Wildman–Crippen LogP) is 3.57. The first-order valence-electron chi connectivity index (χ1n) is 7.08. The highest BCUT2D eigenvalue weighted by Crippen LogP contribution is 2.33. The average molecular weight is 310 g/mol. The number of aldehydes is 1. The number of rotatable bonds is 5. The SMILES string of the molecule is CC(C)(O)C1=C(COc2cncc(Cl)c2C=O)CCCC1. The second-order valence-corrected chi connectivity index (χ2v) is 6.20. The molecule has 1 N–H and O–H groups in total. The van der Waals surface area contributed by atoms with Crippen molar-refractivity contribution in [3.05, 3.63) is 34.1 Å². The van der Waals surface area contributed by atoms with Crippen LogP contribution < -0.4 is 4.74 Å². The highest BCUT2D eigenvalue weighted by Gasteiger charge is 2.25. The maximum Gasteiger partial charge on any atom is 0.155 e. The normalized spacial score (nSPS) is 16.0. The van der Waals surface area contributed by atoms with E-state index in [0.29, 0.717) is 24.2 Å². The van der Waals surface area contributed by atoms with Crippen molar-refractivity contribution in [1.29, 1.82) is 0 Å².